The lowest BCUT2D eigenvalue weighted by atomic mass is 10.1. The van der Waals surface area contributed by atoms with Crippen molar-refractivity contribution in [2.45, 2.75) is 39.8 Å². The van der Waals surface area contributed by atoms with Gasteiger partial charge in [0.15, 0.2) is 0 Å². The summed E-state index contributed by atoms with van der Waals surface area (Å²) >= 11 is 18.4. The fraction of sp³-hybridized carbons (Fsp3) is 0.417. The molecule has 2 aromatic carbocycles. The van der Waals surface area contributed by atoms with Gasteiger partial charge in [0.05, 0.1) is 11.9 Å². The van der Waals surface area contributed by atoms with E-state index in [1.54, 1.807) is 43.3 Å². The van der Waals surface area contributed by atoms with Crippen molar-refractivity contribution in [1.29, 1.82) is 0 Å². The van der Waals surface area contributed by atoms with E-state index < -0.39 is 28.5 Å². The van der Waals surface area contributed by atoms with Crippen LogP contribution >= 0.6 is 34.8 Å². The van der Waals surface area contributed by atoms with Crippen LogP contribution in [0.2, 0.25) is 15.1 Å². The molecule has 0 heterocycles. The summed E-state index contributed by atoms with van der Waals surface area (Å²) in [6, 6.07) is 10.2. The van der Waals surface area contributed by atoms with E-state index in [1.165, 1.54) is 11.0 Å². The topological polar surface area (TPSA) is 86.8 Å². The molecule has 1 unspecified atom stereocenters. The molecule has 7 nitrogen and oxygen atoms in total. The first-order chi connectivity index (χ1) is 16.3. The number of carbonyl (C=O) groups excluding carboxylic acids is 2. The van der Waals surface area contributed by atoms with Gasteiger partial charge in [0.2, 0.25) is 21.8 Å². The number of halogens is 3. The highest BCUT2D eigenvalue weighted by Crippen LogP contribution is 2.25. The van der Waals surface area contributed by atoms with Gasteiger partial charge < -0.3 is 10.2 Å². The Bertz CT molecular complexity index is 1160. The molecule has 11 heteroatoms. The molecule has 192 valence electrons. The van der Waals surface area contributed by atoms with Gasteiger partial charge in [0.25, 0.3) is 0 Å². The Balaban J connectivity index is 2.46. The summed E-state index contributed by atoms with van der Waals surface area (Å²) < 4.78 is 26.2. The average Bonchev–Trinajstić information content (AvgIpc) is 2.76. The number of sulfonamides is 1. The zero-order valence-electron chi connectivity index (χ0n) is 20.1. The second-order valence-electron chi connectivity index (χ2n) is 8.57. The van der Waals surface area contributed by atoms with E-state index in [1.807, 2.05) is 13.8 Å². The first-order valence-electron chi connectivity index (χ1n) is 11.1. The summed E-state index contributed by atoms with van der Waals surface area (Å²) in [5.74, 6) is -0.670. The third-order valence-corrected chi connectivity index (χ3v) is 7.16. The fourth-order valence-electron chi connectivity index (χ4n) is 3.42. The maximum absolute atomic E-state index is 13.6. The molecule has 0 spiro atoms. The molecule has 1 N–H and O–H groups in total. The van der Waals surface area contributed by atoms with Crippen LogP contribution in [0, 0.1) is 5.92 Å². The molecule has 1 atom stereocenters. The SMILES string of the molecule is CCC(C(=O)NCC(C)C)N(Cc1ccc(Cl)cc1Cl)C(=O)CN(c1cccc(Cl)c1)S(C)(=O)=O. The zero-order valence-corrected chi connectivity index (χ0v) is 23.2. The molecule has 0 saturated heterocycles. The van der Waals surface area contributed by atoms with Crippen molar-refractivity contribution in [3.63, 3.8) is 0 Å². The smallest absolute Gasteiger partial charge is 0.244 e. The van der Waals surface area contributed by atoms with Crippen molar-refractivity contribution < 1.29 is 18.0 Å². The monoisotopic (exact) mass is 561 g/mol. The maximum atomic E-state index is 13.6. The first kappa shape index (κ1) is 29.2. The number of amides is 2. The molecule has 0 aliphatic heterocycles. The predicted octanol–water partition coefficient (Wildman–Crippen LogP) is 4.99. The van der Waals surface area contributed by atoms with Crippen LogP contribution in [0.3, 0.4) is 0 Å². The fourth-order valence-corrected chi connectivity index (χ4v) is 4.91. The van der Waals surface area contributed by atoms with Crippen molar-refractivity contribution in [2.24, 2.45) is 5.92 Å². The number of rotatable bonds is 11. The molecule has 0 aromatic heterocycles. The van der Waals surface area contributed by atoms with Gasteiger partial charge in [-0.25, -0.2) is 8.42 Å². The largest absolute Gasteiger partial charge is 0.354 e. The summed E-state index contributed by atoms with van der Waals surface area (Å²) in [4.78, 5) is 28.0. The van der Waals surface area contributed by atoms with Crippen LogP contribution in [0.1, 0.15) is 32.8 Å². The van der Waals surface area contributed by atoms with Crippen LogP contribution in [0.15, 0.2) is 42.5 Å². The van der Waals surface area contributed by atoms with E-state index in [0.717, 1.165) is 10.6 Å². The van der Waals surface area contributed by atoms with Crippen LogP contribution in [0.25, 0.3) is 0 Å². The number of anilines is 1. The molecule has 2 aromatic rings. The lowest BCUT2D eigenvalue weighted by molar-refractivity contribution is -0.140. The zero-order chi connectivity index (χ0) is 26.3. The van der Waals surface area contributed by atoms with Crippen LogP contribution in [0.4, 0.5) is 5.69 Å². The van der Waals surface area contributed by atoms with Crippen LogP contribution in [-0.2, 0) is 26.2 Å². The Morgan fingerprint density at radius 3 is 2.23 bits per heavy atom. The van der Waals surface area contributed by atoms with Crippen molar-refractivity contribution in [3.8, 4) is 0 Å². The molecule has 2 amide bonds. The molecular weight excluding hydrogens is 533 g/mol. The summed E-state index contributed by atoms with van der Waals surface area (Å²) in [5.41, 5.74) is 0.823. The standard InChI is InChI=1S/C24H30Cl3N3O4S/c1-5-22(24(32)28-13-16(2)3)29(14-17-9-10-19(26)12-21(17)27)23(31)15-30(35(4,33)34)20-8-6-7-18(25)11-20/h6-12,16,22H,5,13-15H2,1-4H3,(H,28,32). The summed E-state index contributed by atoms with van der Waals surface area (Å²) in [6.07, 6.45) is 1.32. The van der Waals surface area contributed by atoms with Gasteiger partial charge in [0.1, 0.15) is 12.6 Å². The van der Waals surface area contributed by atoms with Crippen molar-refractivity contribution in [2.75, 3.05) is 23.7 Å². The highest BCUT2D eigenvalue weighted by molar-refractivity contribution is 7.92. The molecule has 0 aliphatic carbocycles. The lowest BCUT2D eigenvalue weighted by Gasteiger charge is -2.33. The third-order valence-electron chi connectivity index (χ3n) is 5.20. The van der Waals surface area contributed by atoms with E-state index in [4.69, 9.17) is 34.8 Å². The van der Waals surface area contributed by atoms with E-state index >= 15 is 0 Å². The minimum absolute atomic E-state index is 0.00438. The van der Waals surface area contributed by atoms with Crippen LogP contribution in [0.5, 0.6) is 0 Å². The molecule has 0 fully saturated rings. The Labute approximate surface area is 222 Å². The van der Waals surface area contributed by atoms with E-state index in [2.05, 4.69) is 5.32 Å². The highest BCUT2D eigenvalue weighted by Gasteiger charge is 2.32. The van der Waals surface area contributed by atoms with Gasteiger partial charge in [-0.1, -0.05) is 67.7 Å². The Morgan fingerprint density at radius 2 is 1.69 bits per heavy atom. The third kappa shape index (κ3) is 8.56. The van der Waals surface area contributed by atoms with Gasteiger partial charge in [-0.3, -0.25) is 13.9 Å². The molecular formula is C24H30Cl3N3O4S. The number of carbonyl (C=O) groups is 2. The van der Waals surface area contributed by atoms with Crippen LogP contribution in [-0.4, -0.2) is 50.5 Å². The first-order valence-corrected chi connectivity index (χ1v) is 14.1. The highest BCUT2D eigenvalue weighted by atomic mass is 35.5. The minimum Gasteiger partial charge on any atom is -0.354 e. The second kappa shape index (κ2) is 12.8. The normalized spacial score (nSPS) is 12.3. The quantitative estimate of drug-likeness (QED) is 0.418. The summed E-state index contributed by atoms with van der Waals surface area (Å²) in [5, 5.41) is 3.96. The van der Waals surface area contributed by atoms with Crippen molar-refractivity contribution >= 4 is 62.3 Å². The van der Waals surface area contributed by atoms with Gasteiger partial charge in [-0.15, -0.1) is 0 Å². The van der Waals surface area contributed by atoms with Crippen LogP contribution < -0.4 is 9.62 Å². The average molecular weight is 563 g/mol. The lowest BCUT2D eigenvalue weighted by Crippen LogP contribution is -2.52. The summed E-state index contributed by atoms with van der Waals surface area (Å²) in [7, 11) is -3.84. The van der Waals surface area contributed by atoms with Gasteiger partial charge in [-0.05, 0) is 48.2 Å². The Hall–Kier alpha value is -2.00. The molecule has 0 radical (unpaired) electrons. The van der Waals surface area contributed by atoms with Crippen molar-refractivity contribution in [1.82, 2.24) is 10.2 Å². The number of nitrogens with one attached hydrogen (secondary N) is 1. The van der Waals surface area contributed by atoms with Gasteiger partial charge in [0, 0.05) is 28.2 Å². The Morgan fingerprint density at radius 1 is 1.03 bits per heavy atom. The second-order valence-corrected chi connectivity index (χ2v) is 11.8. The maximum Gasteiger partial charge on any atom is 0.244 e. The molecule has 35 heavy (non-hydrogen) atoms. The number of nitrogens with zero attached hydrogens (tertiary/aromatic N) is 2. The predicted molar refractivity (Wildman–Crippen MR) is 143 cm³/mol. The number of hydrogen-bond acceptors (Lipinski definition) is 4. The molecule has 0 saturated carbocycles. The van der Waals surface area contributed by atoms with E-state index in [9.17, 15) is 18.0 Å². The molecule has 2 rings (SSSR count). The minimum atomic E-state index is -3.84. The molecule has 0 bridgehead atoms. The van der Waals surface area contributed by atoms with Gasteiger partial charge >= 0.3 is 0 Å². The summed E-state index contributed by atoms with van der Waals surface area (Å²) in [6.45, 7) is 5.64. The number of benzene rings is 2. The van der Waals surface area contributed by atoms with Gasteiger partial charge in [-0.2, -0.15) is 0 Å². The molecule has 0 aliphatic rings. The van der Waals surface area contributed by atoms with E-state index in [-0.39, 0.29) is 24.1 Å². The Kier molecular flexibility index (Phi) is 10.7. The van der Waals surface area contributed by atoms with E-state index in [0.29, 0.717) is 33.6 Å². The van der Waals surface area contributed by atoms with Crippen molar-refractivity contribution in [3.05, 3.63) is 63.1 Å². The number of hydrogen-bond donors (Lipinski definition) is 1.